The Labute approximate surface area is 410 Å². The Morgan fingerprint density at radius 3 is 1.27 bits per heavy atom. The van der Waals surface area contributed by atoms with Gasteiger partial charge in [-0.3, -0.25) is 9.36 Å². The number of aliphatic hydroxyl groups excluding tert-OH is 1. The molecule has 66 heavy (non-hydrogen) atoms. The van der Waals surface area contributed by atoms with Crippen molar-refractivity contribution in [1.82, 2.24) is 5.32 Å². The number of likely N-dealkylation sites (N-methyl/N-ethyl adjacent to an activating group) is 1. The van der Waals surface area contributed by atoms with Gasteiger partial charge in [-0.05, 0) is 51.4 Å². The monoisotopic (exact) mass is 951 g/mol. The van der Waals surface area contributed by atoms with E-state index >= 15 is 0 Å². The van der Waals surface area contributed by atoms with Crippen LogP contribution in [0.2, 0.25) is 0 Å². The van der Waals surface area contributed by atoms with E-state index in [1.807, 2.05) is 27.2 Å². The van der Waals surface area contributed by atoms with Gasteiger partial charge in [0.15, 0.2) is 0 Å². The van der Waals surface area contributed by atoms with Crippen LogP contribution in [0.15, 0.2) is 36.5 Å². The largest absolute Gasteiger partial charge is 0.756 e. The molecule has 0 spiro atoms. The SMILES string of the molecule is CCCCCC/C=C\C/C=C\CCCCCCCC(=O)NC(COP(=O)([O-])OCC[N+](C)(C)C)C(O)/C=C/CCCCCCCCCCCCCCCCCCCCCCCCCCCC. The minimum absolute atomic E-state index is 0.00369. The molecule has 3 atom stereocenters. The van der Waals surface area contributed by atoms with Gasteiger partial charge in [-0.25, -0.2) is 0 Å². The number of nitrogens with one attached hydrogen (secondary N) is 1. The second-order valence-electron chi connectivity index (χ2n) is 20.6. The van der Waals surface area contributed by atoms with Gasteiger partial charge in [0.1, 0.15) is 13.2 Å². The average Bonchev–Trinajstić information content (AvgIpc) is 3.28. The molecule has 0 aromatic rings. The Bertz CT molecular complexity index is 1170. The summed E-state index contributed by atoms with van der Waals surface area (Å²) in [6, 6.07) is -0.894. The highest BCUT2D eigenvalue weighted by atomic mass is 31.2. The number of allylic oxidation sites excluding steroid dienone is 5. The molecule has 0 fully saturated rings. The average molecular weight is 951 g/mol. The molecule has 0 aromatic carbocycles. The van der Waals surface area contributed by atoms with E-state index in [0.29, 0.717) is 17.4 Å². The van der Waals surface area contributed by atoms with Gasteiger partial charge in [0.05, 0.1) is 39.9 Å². The molecule has 0 saturated heterocycles. The summed E-state index contributed by atoms with van der Waals surface area (Å²) in [5, 5.41) is 13.9. The lowest BCUT2D eigenvalue weighted by molar-refractivity contribution is -0.870. The summed E-state index contributed by atoms with van der Waals surface area (Å²) in [5.74, 6) is -0.209. The summed E-state index contributed by atoms with van der Waals surface area (Å²) in [6.07, 6.45) is 62.2. The Morgan fingerprint density at radius 2 is 0.879 bits per heavy atom. The van der Waals surface area contributed by atoms with Crippen LogP contribution in [-0.4, -0.2) is 68.5 Å². The van der Waals surface area contributed by atoms with Crippen LogP contribution in [-0.2, 0) is 18.4 Å². The fraction of sp³-hybridized carbons (Fsp3) is 0.877. The molecular weight excluding hydrogens is 840 g/mol. The minimum Gasteiger partial charge on any atom is -0.756 e. The number of hydrogen-bond donors (Lipinski definition) is 2. The lowest BCUT2D eigenvalue weighted by atomic mass is 10.0. The molecule has 0 radical (unpaired) electrons. The molecule has 0 aliphatic carbocycles. The topological polar surface area (TPSA) is 108 Å². The number of rotatable bonds is 52. The molecule has 390 valence electrons. The highest BCUT2D eigenvalue weighted by molar-refractivity contribution is 7.45. The molecule has 9 heteroatoms. The summed E-state index contributed by atoms with van der Waals surface area (Å²) >= 11 is 0. The molecule has 0 aromatic heterocycles. The van der Waals surface area contributed by atoms with Crippen LogP contribution in [0.4, 0.5) is 0 Å². The molecule has 0 heterocycles. The Balaban J connectivity index is 4.17. The van der Waals surface area contributed by atoms with Gasteiger partial charge < -0.3 is 28.8 Å². The molecule has 3 unspecified atom stereocenters. The van der Waals surface area contributed by atoms with E-state index in [0.717, 1.165) is 64.2 Å². The van der Waals surface area contributed by atoms with Crippen molar-refractivity contribution in [2.45, 2.75) is 283 Å². The first-order valence-corrected chi connectivity index (χ1v) is 29.8. The first-order valence-electron chi connectivity index (χ1n) is 28.4. The normalized spacial score (nSPS) is 14.2. The second kappa shape index (κ2) is 48.7. The Morgan fingerprint density at radius 1 is 0.530 bits per heavy atom. The van der Waals surface area contributed by atoms with E-state index in [9.17, 15) is 19.4 Å². The van der Waals surface area contributed by atoms with E-state index < -0.39 is 20.0 Å². The van der Waals surface area contributed by atoms with Crippen molar-refractivity contribution in [1.29, 1.82) is 0 Å². The predicted octanol–water partition coefficient (Wildman–Crippen LogP) is 16.4. The Hall–Kier alpha value is -1.28. The second-order valence-corrected chi connectivity index (χ2v) is 22.1. The number of hydrogen-bond acceptors (Lipinski definition) is 6. The number of amides is 1. The van der Waals surface area contributed by atoms with Gasteiger partial charge in [0.2, 0.25) is 5.91 Å². The highest BCUT2D eigenvalue weighted by Gasteiger charge is 2.23. The van der Waals surface area contributed by atoms with E-state index in [2.05, 4.69) is 43.5 Å². The number of carbonyl (C=O) groups is 1. The molecule has 0 saturated carbocycles. The van der Waals surface area contributed by atoms with Crippen molar-refractivity contribution in [3.63, 3.8) is 0 Å². The van der Waals surface area contributed by atoms with E-state index in [-0.39, 0.29) is 19.1 Å². The molecule has 0 rings (SSSR count). The van der Waals surface area contributed by atoms with Gasteiger partial charge >= 0.3 is 0 Å². The first-order chi connectivity index (χ1) is 32.0. The van der Waals surface area contributed by atoms with Gasteiger partial charge in [0, 0.05) is 6.42 Å². The molecule has 1 amide bonds. The molecular formula is C57H111N2O6P. The van der Waals surface area contributed by atoms with Crippen molar-refractivity contribution in [2.75, 3.05) is 40.9 Å². The van der Waals surface area contributed by atoms with Crippen molar-refractivity contribution < 1.29 is 32.9 Å². The van der Waals surface area contributed by atoms with Crippen LogP contribution in [0.5, 0.6) is 0 Å². The summed E-state index contributed by atoms with van der Waals surface area (Å²) < 4.78 is 23.3. The number of phosphoric ester groups is 1. The lowest BCUT2D eigenvalue weighted by Gasteiger charge is -2.29. The van der Waals surface area contributed by atoms with Crippen LogP contribution < -0.4 is 10.2 Å². The van der Waals surface area contributed by atoms with Crippen LogP contribution in [0.1, 0.15) is 271 Å². The summed E-state index contributed by atoms with van der Waals surface area (Å²) in [5.41, 5.74) is 0. The number of unbranched alkanes of at least 4 members (excludes halogenated alkanes) is 35. The number of aliphatic hydroxyl groups is 1. The minimum atomic E-state index is -4.60. The number of quaternary nitrogens is 1. The van der Waals surface area contributed by atoms with Gasteiger partial charge in [-0.15, -0.1) is 0 Å². The van der Waals surface area contributed by atoms with E-state index in [4.69, 9.17) is 9.05 Å². The van der Waals surface area contributed by atoms with Crippen molar-refractivity contribution >= 4 is 13.7 Å². The summed E-state index contributed by atoms with van der Waals surface area (Å²) in [6.45, 7) is 4.65. The number of carbonyl (C=O) groups excluding carboxylic acids is 1. The fourth-order valence-electron chi connectivity index (χ4n) is 8.36. The highest BCUT2D eigenvalue weighted by Crippen LogP contribution is 2.38. The van der Waals surface area contributed by atoms with Gasteiger partial charge in [-0.2, -0.15) is 0 Å². The first kappa shape index (κ1) is 64.7. The number of nitrogens with zero attached hydrogens (tertiary/aromatic N) is 1. The predicted molar refractivity (Wildman–Crippen MR) is 284 cm³/mol. The molecule has 0 aliphatic rings. The molecule has 0 bridgehead atoms. The summed E-state index contributed by atoms with van der Waals surface area (Å²) in [4.78, 5) is 25.4. The summed E-state index contributed by atoms with van der Waals surface area (Å²) in [7, 11) is 1.26. The third-order valence-corrected chi connectivity index (χ3v) is 13.8. The van der Waals surface area contributed by atoms with Crippen molar-refractivity contribution in [3.8, 4) is 0 Å². The molecule has 2 N–H and O–H groups in total. The third kappa shape index (κ3) is 50.6. The molecule has 0 aliphatic heterocycles. The zero-order valence-corrected chi connectivity index (χ0v) is 45.3. The lowest BCUT2D eigenvalue weighted by Crippen LogP contribution is -2.45. The quantitative estimate of drug-likeness (QED) is 0.0272. The van der Waals surface area contributed by atoms with Crippen LogP contribution in [0, 0.1) is 0 Å². The smallest absolute Gasteiger partial charge is 0.268 e. The number of phosphoric acid groups is 1. The standard InChI is InChI=1S/C57H111N2O6P/c1-6-8-10-12-14-16-18-20-22-24-25-26-27-28-29-30-31-32-33-34-35-36-38-40-42-44-46-48-50-56(60)55(54-65-66(62,63)64-53-52-59(3,4)5)58-57(61)51-49-47-45-43-41-39-37-23-21-19-17-15-13-11-9-7-2/h17,19,23,37,48,50,55-56,60H,6-16,18,20-22,24-36,38-47,49,51-54H2,1-5H3,(H-,58,61,62,63)/b19-17-,37-23-,50-48+. The maximum absolute atomic E-state index is 12.9. The van der Waals surface area contributed by atoms with Crippen molar-refractivity contribution in [2.24, 2.45) is 0 Å². The van der Waals surface area contributed by atoms with E-state index in [1.54, 1.807) is 6.08 Å². The van der Waals surface area contributed by atoms with Crippen LogP contribution in [0.3, 0.4) is 0 Å². The fourth-order valence-corrected chi connectivity index (χ4v) is 9.08. The maximum Gasteiger partial charge on any atom is 0.268 e. The maximum atomic E-state index is 12.9. The van der Waals surface area contributed by atoms with Crippen LogP contribution in [0.25, 0.3) is 0 Å². The zero-order chi connectivity index (χ0) is 48.5. The van der Waals surface area contributed by atoms with Gasteiger partial charge in [0.25, 0.3) is 7.82 Å². The zero-order valence-electron chi connectivity index (χ0n) is 44.4. The Kier molecular flexibility index (Phi) is 47.8. The van der Waals surface area contributed by atoms with Gasteiger partial charge in [-0.1, -0.05) is 249 Å². The van der Waals surface area contributed by atoms with E-state index in [1.165, 1.54) is 186 Å². The van der Waals surface area contributed by atoms with Crippen molar-refractivity contribution in [3.05, 3.63) is 36.5 Å². The third-order valence-electron chi connectivity index (χ3n) is 12.8. The molecule has 8 nitrogen and oxygen atoms in total. The van der Waals surface area contributed by atoms with Crippen LogP contribution >= 0.6 is 7.82 Å².